The summed E-state index contributed by atoms with van der Waals surface area (Å²) >= 11 is 0. The number of rotatable bonds is 2. The molecule has 0 aliphatic carbocycles. The second-order valence-electron chi connectivity index (χ2n) is 6.25. The Morgan fingerprint density at radius 2 is 1.73 bits per heavy atom. The van der Waals surface area contributed by atoms with Gasteiger partial charge in [0.05, 0.1) is 11.9 Å². The van der Waals surface area contributed by atoms with E-state index in [4.69, 9.17) is 5.10 Å². The molecule has 0 N–H and O–H groups in total. The van der Waals surface area contributed by atoms with Crippen LogP contribution in [0.25, 0.3) is 33.5 Å². The summed E-state index contributed by atoms with van der Waals surface area (Å²) in [6.07, 6.45) is 5.60. The second-order valence-corrected chi connectivity index (χ2v) is 6.25. The standard InChI is InChI=1S/C19H15N7/c1-12-7-8-17(20-9-12)14-10-21-25(11-14)19-16-6-4-3-5-15(16)18-23-22-13(2)26(18)24-19/h3-11H,1-2H3. The number of nitrogens with zero attached hydrogens (tertiary/aromatic N) is 7. The molecule has 126 valence electrons. The average molecular weight is 341 g/mol. The van der Waals surface area contributed by atoms with Gasteiger partial charge in [0.25, 0.3) is 0 Å². The highest BCUT2D eigenvalue weighted by atomic mass is 15.4. The van der Waals surface area contributed by atoms with Gasteiger partial charge in [0, 0.05) is 28.7 Å². The summed E-state index contributed by atoms with van der Waals surface area (Å²) in [6.45, 7) is 3.91. The van der Waals surface area contributed by atoms with Crippen LogP contribution in [0.2, 0.25) is 0 Å². The molecule has 0 saturated heterocycles. The fourth-order valence-corrected chi connectivity index (χ4v) is 3.05. The maximum atomic E-state index is 4.73. The van der Waals surface area contributed by atoms with Gasteiger partial charge in [-0.2, -0.15) is 9.61 Å². The number of hydrogen-bond donors (Lipinski definition) is 0. The molecule has 7 heteroatoms. The van der Waals surface area contributed by atoms with Crippen molar-refractivity contribution >= 4 is 16.4 Å². The lowest BCUT2D eigenvalue weighted by atomic mass is 10.2. The first-order valence-corrected chi connectivity index (χ1v) is 8.29. The Kier molecular flexibility index (Phi) is 3.08. The van der Waals surface area contributed by atoms with Gasteiger partial charge in [-0.1, -0.05) is 30.3 Å². The van der Waals surface area contributed by atoms with E-state index >= 15 is 0 Å². The second kappa shape index (κ2) is 5.45. The Morgan fingerprint density at radius 3 is 2.54 bits per heavy atom. The number of aromatic nitrogens is 7. The van der Waals surface area contributed by atoms with Crippen molar-refractivity contribution in [1.82, 2.24) is 34.6 Å². The SMILES string of the molecule is Cc1ccc(-c2cnn(-c3nn4c(C)nnc4c4ccccc34)c2)nc1. The van der Waals surface area contributed by atoms with Crippen molar-refractivity contribution < 1.29 is 0 Å². The Hall–Kier alpha value is -3.61. The van der Waals surface area contributed by atoms with E-state index in [9.17, 15) is 0 Å². The summed E-state index contributed by atoms with van der Waals surface area (Å²) in [5.74, 6) is 1.47. The molecule has 0 amide bonds. The lowest BCUT2D eigenvalue weighted by molar-refractivity contribution is 0.788. The molecule has 7 nitrogen and oxygen atoms in total. The first-order chi connectivity index (χ1) is 12.7. The highest BCUT2D eigenvalue weighted by Gasteiger charge is 2.14. The topological polar surface area (TPSA) is 73.8 Å². The van der Waals surface area contributed by atoms with Gasteiger partial charge in [0.2, 0.25) is 0 Å². The molecule has 4 aromatic heterocycles. The Morgan fingerprint density at radius 1 is 0.885 bits per heavy atom. The Balaban J connectivity index is 1.73. The Bertz CT molecular complexity index is 1250. The van der Waals surface area contributed by atoms with Crippen LogP contribution < -0.4 is 0 Å². The predicted molar refractivity (Wildman–Crippen MR) is 98.1 cm³/mol. The fraction of sp³-hybridized carbons (Fsp3) is 0.105. The van der Waals surface area contributed by atoms with Crippen LogP contribution in [0.3, 0.4) is 0 Å². The molecule has 4 heterocycles. The van der Waals surface area contributed by atoms with E-state index in [1.165, 1.54) is 0 Å². The zero-order valence-electron chi connectivity index (χ0n) is 14.3. The van der Waals surface area contributed by atoms with Gasteiger partial charge in [-0.25, -0.2) is 4.68 Å². The van der Waals surface area contributed by atoms with E-state index < -0.39 is 0 Å². The van der Waals surface area contributed by atoms with E-state index in [1.54, 1.807) is 15.4 Å². The van der Waals surface area contributed by atoms with Crippen LogP contribution in [0.4, 0.5) is 0 Å². The lowest BCUT2D eigenvalue weighted by Gasteiger charge is -2.07. The van der Waals surface area contributed by atoms with E-state index in [0.29, 0.717) is 0 Å². The van der Waals surface area contributed by atoms with E-state index in [0.717, 1.165) is 44.9 Å². The van der Waals surface area contributed by atoms with Crippen molar-refractivity contribution in [3.8, 4) is 17.1 Å². The highest BCUT2D eigenvalue weighted by molar-refractivity contribution is 5.97. The summed E-state index contributed by atoms with van der Waals surface area (Å²) in [5.41, 5.74) is 3.70. The number of pyridine rings is 1. The molecule has 1 aromatic carbocycles. The van der Waals surface area contributed by atoms with Gasteiger partial charge in [-0.15, -0.1) is 15.3 Å². The number of aryl methyl sites for hydroxylation is 2. The maximum absolute atomic E-state index is 4.73. The molecule has 0 unspecified atom stereocenters. The van der Waals surface area contributed by atoms with Gasteiger partial charge < -0.3 is 0 Å². The van der Waals surface area contributed by atoms with Crippen LogP contribution in [-0.2, 0) is 0 Å². The summed E-state index contributed by atoms with van der Waals surface area (Å²) in [5, 5.41) is 19.6. The number of hydrogen-bond acceptors (Lipinski definition) is 5. The van der Waals surface area contributed by atoms with Crippen molar-refractivity contribution in [3.63, 3.8) is 0 Å². The first kappa shape index (κ1) is 14.7. The third-order valence-corrected chi connectivity index (χ3v) is 4.41. The van der Waals surface area contributed by atoms with Crippen LogP contribution in [0, 0.1) is 13.8 Å². The molecule has 5 aromatic rings. The van der Waals surface area contributed by atoms with Gasteiger partial charge in [-0.05, 0) is 25.5 Å². The normalized spacial score (nSPS) is 11.5. The van der Waals surface area contributed by atoms with Gasteiger partial charge in [0.15, 0.2) is 17.3 Å². The smallest absolute Gasteiger partial charge is 0.185 e. The summed E-state index contributed by atoms with van der Waals surface area (Å²) in [6, 6.07) is 12.1. The van der Waals surface area contributed by atoms with Crippen molar-refractivity contribution in [2.45, 2.75) is 13.8 Å². The van der Waals surface area contributed by atoms with Gasteiger partial charge >= 0.3 is 0 Å². The fourth-order valence-electron chi connectivity index (χ4n) is 3.05. The van der Waals surface area contributed by atoms with E-state index in [2.05, 4.69) is 20.3 Å². The Labute approximate surface area is 148 Å². The molecular weight excluding hydrogens is 326 g/mol. The molecule has 26 heavy (non-hydrogen) atoms. The minimum Gasteiger partial charge on any atom is -0.256 e. The zero-order valence-corrected chi connectivity index (χ0v) is 14.3. The summed E-state index contributed by atoms with van der Waals surface area (Å²) < 4.78 is 3.53. The average Bonchev–Trinajstić information content (AvgIpc) is 3.29. The zero-order chi connectivity index (χ0) is 17.7. The number of benzene rings is 1. The molecule has 0 saturated carbocycles. The van der Waals surface area contributed by atoms with E-state index in [1.807, 2.05) is 62.6 Å². The van der Waals surface area contributed by atoms with Gasteiger partial charge in [0.1, 0.15) is 0 Å². The van der Waals surface area contributed by atoms with Gasteiger partial charge in [-0.3, -0.25) is 4.98 Å². The predicted octanol–water partition coefficient (Wildman–Crippen LogP) is 3.14. The van der Waals surface area contributed by atoms with Crippen LogP contribution in [0.1, 0.15) is 11.4 Å². The highest BCUT2D eigenvalue weighted by Crippen LogP contribution is 2.25. The number of fused-ring (bicyclic) bond motifs is 3. The van der Waals surface area contributed by atoms with Crippen LogP contribution in [-0.4, -0.2) is 34.6 Å². The molecule has 0 atom stereocenters. The minimum atomic E-state index is 0.731. The third kappa shape index (κ3) is 2.17. The molecule has 0 spiro atoms. The van der Waals surface area contributed by atoms with Crippen LogP contribution >= 0.6 is 0 Å². The van der Waals surface area contributed by atoms with E-state index in [-0.39, 0.29) is 0 Å². The van der Waals surface area contributed by atoms with Crippen LogP contribution in [0.5, 0.6) is 0 Å². The maximum Gasteiger partial charge on any atom is 0.185 e. The monoisotopic (exact) mass is 341 g/mol. The van der Waals surface area contributed by atoms with Crippen molar-refractivity contribution in [3.05, 3.63) is 66.4 Å². The minimum absolute atomic E-state index is 0.731. The molecule has 0 radical (unpaired) electrons. The first-order valence-electron chi connectivity index (χ1n) is 8.29. The molecular formula is C19H15N7. The molecule has 0 fully saturated rings. The summed E-state index contributed by atoms with van der Waals surface area (Å²) in [4.78, 5) is 4.47. The lowest BCUT2D eigenvalue weighted by Crippen LogP contribution is -2.05. The molecule has 0 bridgehead atoms. The van der Waals surface area contributed by atoms with Crippen molar-refractivity contribution in [2.75, 3.05) is 0 Å². The summed E-state index contributed by atoms with van der Waals surface area (Å²) in [7, 11) is 0. The molecule has 0 aliphatic rings. The molecule has 0 aliphatic heterocycles. The third-order valence-electron chi connectivity index (χ3n) is 4.41. The largest absolute Gasteiger partial charge is 0.256 e. The molecule has 5 rings (SSSR count). The van der Waals surface area contributed by atoms with Crippen LogP contribution in [0.15, 0.2) is 55.0 Å². The quantitative estimate of drug-likeness (QED) is 0.493. The van der Waals surface area contributed by atoms with Crippen molar-refractivity contribution in [2.24, 2.45) is 0 Å². The van der Waals surface area contributed by atoms with Crippen molar-refractivity contribution in [1.29, 1.82) is 0 Å².